The average molecular weight is 328 g/mol. The number of carbonyl (C=O) groups excluding carboxylic acids is 1. The van der Waals surface area contributed by atoms with E-state index in [9.17, 15) is 4.79 Å². The van der Waals surface area contributed by atoms with E-state index in [1.165, 1.54) is 25.7 Å². The van der Waals surface area contributed by atoms with Crippen molar-refractivity contribution < 1.29 is 9.53 Å². The monoisotopic (exact) mass is 328 g/mol. The first-order valence-electron chi connectivity index (χ1n) is 9.12. The lowest BCUT2D eigenvalue weighted by Gasteiger charge is -2.29. The molecule has 24 heavy (non-hydrogen) atoms. The molecular weight excluding hydrogens is 300 g/mol. The van der Waals surface area contributed by atoms with Crippen LogP contribution in [0.25, 0.3) is 0 Å². The Morgan fingerprint density at radius 1 is 1.21 bits per heavy atom. The van der Waals surface area contributed by atoms with Crippen LogP contribution in [0.4, 0.5) is 4.79 Å². The lowest BCUT2D eigenvalue weighted by molar-refractivity contribution is 0.220. The normalized spacial score (nSPS) is 23.3. The quantitative estimate of drug-likeness (QED) is 0.743. The second-order valence-corrected chi connectivity index (χ2v) is 7.00. The molecule has 1 aromatic rings. The lowest BCUT2D eigenvalue weighted by atomic mass is 9.83. The molecule has 2 aliphatic carbocycles. The van der Waals surface area contributed by atoms with E-state index in [1.807, 2.05) is 24.3 Å². The van der Waals surface area contributed by atoms with Crippen LogP contribution < -0.4 is 15.4 Å². The zero-order valence-electron chi connectivity index (χ0n) is 14.3. The SMILES string of the molecule is C=CCOc1ccccc1CNC(=O)N[C@@H]1CCC[C@H](C2CC2)C1. The fourth-order valence-electron chi connectivity index (χ4n) is 3.71. The van der Waals surface area contributed by atoms with Gasteiger partial charge in [-0.1, -0.05) is 43.7 Å². The fourth-order valence-corrected chi connectivity index (χ4v) is 3.71. The van der Waals surface area contributed by atoms with Crippen LogP contribution in [0.2, 0.25) is 0 Å². The molecule has 3 rings (SSSR count). The number of carbonyl (C=O) groups is 1. The number of para-hydroxylation sites is 1. The molecule has 0 unspecified atom stereocenters. The molecule has 0 saturated heterocycles. The van der Waals surface area contributed by atoms with Gasteiger partial charge in [0.15, 0.2) is 0 Å². The molecule has 2 saturated carbocycles. The maximum atomic E-state index is 12.2. The van der Waals surface area contributed by atoms with Crippen molar-refractivity contribution in [2.24, 2.45) is 11.8 Å². The highest BCUT2D eigenvalue weighted by Gasteiger charge is 2.34. The third-order valence-electron chi connectivity index (χ3n) is 5.11. The molecule has 2 atom stereocenters. The summed E-state index contributed by atoms with van der Waals surface area (Å²) in [5.41, 5.74) is 0.981. The Hall–Kier alpha value is -1.97. The Kier molecular flexibility index (Phi) is 5.78. The van der Waals surface area contributed by atoms with Gasteiger partial charge in [0.2, 0.25) is 0 Å². The van der Waals surface area contributed by atoms with Crippen LogP contribution in [-0.4, -0.2) is 18.7 Å². The molecule has 0 heterocycles. The van der Waals surface area contributed by atoms with Crippen LogP contribution in [0, 0.1) is 11.8 Å². The largest absolute Gasteiger partial charge is 0.489 e. The molecule has 2 aliphatic rings. The Balaban J connectivity index is 1.46. The van der Waals surface area contributed by atoms with Crippen LogP contribution in [0.3, 0.4) is 0 Å². The lowest BCUT2D eigenvalue weighted by Crippen LogP contribution is -2.44. The summed E-state index contributed by atoms with van der Waals surface area (Å²) in [6.45, 7) is 4.60. The van der Waals surface area contributed by atoms with E-state index < -0.39 is 0 Å². The highest BCUT2D eigenvalue weighted by atomic mass is 16.5. The van der Waals surface area contributed by atoms with Crippen molar-refractivity contribution in [3.8, 4) is 5.75 Å². The number of ether oxygens (including phenoxy) is 1. The first-order valence-corrected chi connectivity index (χ1v) is 9.12. The summed E-state index contributed by atoms with van der Waals surface area (Å²) < 4.78 is 5.63. The summed E-state index contributed by atoms with van der Waals surface area (Å²) in [6, 6.07) is 8.04. The van der Waals surface area contributed by atoms with Crippen LogP contribution in [0.5, 0.6) is 5.75 Å². The Morgan fingerprint density at radius 3 is 2.83 bits per heavy atom. The topological polar surface area (TPSA) is 50.4 Å². The molecule has 4 nitrogen and oxygen atoms in total. The molecule has 2 N–H and O–H groups in total. The molecular formula is C20H28N2O2. The first-order chi connectivity index (χ1) is 11.8. The van der Waals surface area contributed by atoms with Gasteiger partial charge in [-0.3, -0.25) is 0 Å². The van der Waals surface area contributed by atoms with Gasteiger partial charge >= 0.3 is 6.03 Å². The van der Waals surface area contributed by atoms with E-state index in [1.54, 1.807) is 6.08 Å². The maximum Gasteiger partial charge on any atom is 0.315 e. The highest BCUT2D eigenvalue weighted by molar-refractivity contribution is 5.74. The number of benzene rings is 1. The predicted molar refractivity (Wildman–Crippen MR) is 96.0 cm³/mol. The van der Waals surface area contributed by atoms with Crippen LogP contribution in [0.15, 0.2) is 36.9 Å². The van der Waals surface area contributed by atoms with Crippen LogP contribution in [-0.2, 0) is 6.54 Å². The molecule has 4 heteroatoms. The van der Waals surface area contributed by atoms with Crippen molar-refractivity contribution in [3.05, 3.63) is 42.5 Å². The molecule has 0 aromatic heterocycles. The highest BCUT2D eigenvalue weighted by Crippen LogP contribution is 2.43. The van der Waals surface area contributed by atoms with Crippen molar-refractivity contribution in [3.63, 3.8) is 0 Å². The molecule has 0 spiro atoms. The van der Waals surface area contributed by atoms with Gasteiger partial charge in [-0.25, -0.2) is 4.79 Å². The minimum Gasteiger partial charge on any atom is -0.489 e. The zero-order chi connectivity index (χ0) is 16.8. The summed E-state index contributed by atoms with van der Waals surface area (Å²) in [4.78, 5) is 12.2. The fraction of sp³-hybridized carbons (Fsp3) is 0.550. The van der Waals surface area contributed by atoms with E-state index in [0.717, 1.165) is 36.0 Å². The summed E-state index contributed by atoms with van der Waals surface area (Å²) in [6.07, 6.45) is 9.35. The molecule has 2 amide bonds. The van der Waals surface area contributed by atoms with Gasteiger partial charge in [0, 0.05) is 18.2 Å². The smallest absolute Gasteiger partial charge is 0.315 e. The standard InChI is InChI=1S/C20H28N2O2/c1-2-12-24-19-9-4-3-6-17(19)14-21-20(23)22-18-8-5-7-16(13-18)15-10-11-15/h2-4,6,9,15-16,18H,1,5,7-8,10-14H2,(H2,21,22,23)/t16-,18+/m0/s1. The number of nitrogens with one attached hydrogen (secondary N) is 2. The van der Waals surface area contributed by atoms with Gasteiger partial charge in [-0.05, 0) is 43.6 Å². The minimum atomic E-state index is -0.0741. The van der Waals surface area contributed by atoms with E-state index in [4.69, 9.17) is 4.74 Å². The predicted octanol–water partition coefficient (Wildman–Crippen LogP) is 4.02. The van der Waals surface area contributed by atoms with Crippen LogP contribution in [0.1, 0.15) is 44.1 Å². The Labute approximate surface area is 144 Å². The van der Waals surface area contributed by atoms with Crippen LogP contribution >= 0.6 is 0 Å². The Morgan fingerprint density at radius 2 is 2.04 bits per heavy atom. The summed E-state index contributed by atoms with van der Waals surface area (Å²) >= 11 is 0. The van der Waals surface area contributed by atoms with E-state index in [-0.39, 0.29) is 6.03 Å². The molecule has 0 bridgehead atoms. The minimum absolute atomic E-state index is 0.0741. The van der Waals surface area contributed by atoms with Crippen molar-refractivity contribution in [2.45, 2.75) is 51.1 Å². The summed E-state index contributed by atoms with van der Waals surface area (Å²) in [5, 5.41) is 6.12. The number of rotatable bonds is 7. The van der Waals surface area contributed by atoms with Gasteiger partial charge in [0.05, 0.1) is 0 Å². The average Bonchev–Trinajstić information content (AvgIpc) is 3.44. The molecule has 2 fully saturated rings. The number of hydrogen-bond donors (Lipinski definition) is 2. The maximum absolute atomic E-state index is 12.2. The van der Waals surface area contributed by atoms with Gasteiger partial charge in [-0.2, -0.15) is 0 Å². The third-order valence-corrected chi connectivity index (χ3v) is 5.11. The summed E-state index contributed by atoms with van der Waals surface area (Å²) in [5.74, 6) is 2.56. The van der Waals surface area contributed by atoms with Gasteiger partial charge in [0.1, 0.15) is 12.4 Å². The van der Waals surface area contributed by atoms with Crippen molar-refractivity contribution in [2.75, 3.05) is 6.61 Å². The van der Waals surface area contributed by atoms with E-state index in [0.29, 0.717) is 19.2 Å². The molecule has 130 valence electrons. The molecule has 1 aromatic carbocycles. The van der Waals surface area contributed by atoms with E-state index >= 15 is 0 Å². The number of hydrogen-bond acceptors (Lipinski definition) is 2. The molecule has 0 aliphatic heterocycles. The zero-order valence-corrected chi connectivity index (χ0v) is 14.3. The summed E-state index contributed by atoms with van der Waals surface area (Å²) in [7, 11) is 0. The van der Waals surface area contributed by atoms with Gasteiger partial charge in [-0.15, -0.1) is 0 Å². The van der Waals surface area contributed by atoms with Gasteiger partial charge in [0.25, 0.3) is 0 Å². The van der Waals surface area contributed by atoms with Crippen molar-refractivity contribution >= 4 is 6.03 Å². The second-order valence-electron chi connectivity index (χ2n) is 7.00. The Bertz CT molecular complexity index is 569. The van der Waals surface area contributed by atoms with Crippen molar-refractivity contribution in [1.82, 2.24) is 10.6 Å². The van der Waals surface area contributed by atoms with E-state index in [2.05, 4.69) is 17.2 Å². The van der Waals surface area contributed by atoms with Crippen molar-refractivity contribution in [1.29, 1.82) is 0 Å². The molecule has 0 radical (unpaired) electrons. The number of urea groups is 1. The van der Waals surface area contributed by atoms with Gasteiger partial charge < -0.3 is 15.4 Å². The first kappa shape index (κ1) is 16.9. The number of amides is 2. The second kappa shape index (κ2) is 8.22. The third kappa shape index (κ3) is 4.76.